The maximum absolute atomic E-state index is 10.7. The van der Waals surface area contributed by atoms with E-state index in [-0.39, 0.29) is 12.3 Å². The van der Waals surface area contributed by atoms with Crippen LogP contribution in [0.15, 0.2) is 30.3 Å². The third-order valence-corrected chi connectivity index (χ3v) is 2.53. The van der Waals surface area contributed by atoms with Gasteiger partial charge in [-0.1, -0.05) is 31.5 Å². The summed E-state index contributed by atoms with van der Waals surface area (Å²) in [6, 6.07) is 9.88. The maximum atomic E-state index is 10.7. The number of anilines is 1. The fraction of sp³-hybridized carbons (Fsp3) is 0.462. The molecule has 0 spiro atoms. The minimum atomic E-state index is -0.715. The summed E-state index contributed by atoms with van der Waals surface area (Å²) in [5.74, 6) is -0.504. The van der Waals surface area contributed by atoms with Gasteiger partial charge in [0, 0.05) is 18.7 Å². The lowest BCUT2D eigenvalue weighted by molar-refractivity contribution is -0.138. The van der Waals surface area contributed by atoms with Crippen LogP contribution in [0, 0.1) is 5.92 Å². The zero-order chi connectivity index (χ0) is 11.8. The van der Waals surface area contributed by atoms with E-state index in [1.807, 2.05) is 30.3 Å². The molecule has 3 heteroatoms. The molecule has 0 aliphatic rings. The van der Waals surface area contributed by atoms with E-state index in [4.69, 9.17) is 5.11 Å². The van der Waals surface area contributed by atoms with Gasteiger partial charge in [-0.05, 0) is 24.5 Å². The average molecular weight is 221 g/mol. The Morgan fingerprint density at radius 1 is 1.38 bits per heavy atom. The Morgan fingerprint density at radius 3 is 2.62 bits per heavy atom. The molecule has 0 aliphatic carbocycles. The fourth-order valence-electron chi connectivity index (χ4n) is 1.75. The van der Waals surface area contributed by atoms with Gasteiger partial charge in [0.25, 0.3) is 0 Å². The van der Waals surface area contributed by atoms with Gasteiger partial charge in [-0.3, -0.25) is 4.79 Å². The van der Waals surface area contributed by atoms with Gasteiger partial charge in [-0.15, -0.1) is 0 Å². The number of hydrogen-bond acceptors (Lipinski definition) is 2. The predicted octanol–water partition coefficient (Wildman–Crippen LogP) is 2.99. The number of para-hydroxylation sites is 1. The van der Waals surface area contributed by atoms with Gasteiger partial charge < -0.3 is 10.4 Å². The van der Waals surface area contributed by atoms with Crippen LogP contribution >= 0.6 is 0 Å². The Morgan fingerprint density at radius 2 is 2.06 bits per heavy atom. The van der Waals surface area contributed by atoms with Gasteiger partial charge in [0.15, 0.2) is 0 Å². The van der Waals surface area contributed by atoms with Crippen LogP contribution < -0.4 is 5.32 Å². The number of carboxylic acids is 1. The van der Waals surface area contributed by atoms with Crippen LogP contribution in [-0.2, 0) is 4.79 Å². The Kier molecular flexibility index (Phi) is 5.40. The molecule has 1 aromatic rings. The van der Waals surface area contributed by atoms with E-state index >= 15 is 0 Å². The van der Waals surface area contributed by atoms with E-state index in [9.17, 15) is 4.79 Å². The summed E-state index contributed by atoms with van der Waals surface area (Å²) < 4.78 is 0. The molecule has 0 aliphatic heterocycles. The second kappa shape index (κ2) is 6.88. The molecule has 1 rings (SSSR count). The molecule has 0 saturated heterocycles. The van der Waals surface area contributed by atoms with Crippen LogP contribution in [0.3, 0.4) is 0 Å². The zero-order valence-electron chi connectivity index (χ0n) is 9.65. The molecule has 2 N–H and O–H groups in total. The molecule has 0 fully saturated rings. The van der Waals surface area contributed by atoms with Crippen LogP contribution in [0.2, 0.25) is 0 Å². The molecule has 0 amide bonds. The predicted molar refractivity (Wildman–Crippen MR) is 65.6 cm³/mol. The van der Waals surface area contributed by atoms with E-state index in [0.717, 1.165) is 25.1 Å². The Hall–Kier alpha value is -1.51. The van der Waals surface area contributed by atoms with E-state index < -0.39 is 5.97 Å². The van der Waals surface area contributed by atoms with Gasteiger partial charge in [0.1, 0.15) is 0 Å². The average Bonchev–Trinajstić information content (AvgIpc) is 2.27. The van der Waals surface area contributed by atoms with Crippen LogP contribution in [0.5, 0.6) is 0 Å². The van der Waals surface area contributed by atoms with Crippen molar-refractivity contribution >= 4 is 11.7 Å². The molecule has 0 aromatic heterocycles. The van der Waals surface area contributed by atoms with Crippen molar-refractivity contribution in [1.29, 1.82) is 0 Å². The standard InChI is InChI=1S/C13H19NO2/c1-2-6-11(9-13(15)16)10-14-12-7-4-3-5-8-12/h3-5,7-8,11,14H,2,6,9-10H2,1H3,(H,15,16). The quantitative estimate of drug-likeness (QED) is 0.744. The summed E-state index contributed by atoms with van der Waals surface area (Å²) in [6.45, 7) is 2.81. The van der Waals surface area contributed by atoms with E-state index in [1.54, 1.807) is 0 Å². The highest BCUT2D eigenvalue weighted by Gasteiger charge is 2.11. The van der Waals surface area contributed by atoms with Crippen LogP contribution in [0.4, 0.5) is 5.69 Å². The summed E-state index contributed by atoms with van der Waals surface area (Å²) in [4.78, 5) is 10.7. The van der Waals surface area contributed by atoms with Gasteiger partial charge in [0.05, 0.1) is 0 Å². The van der Waals surface area contributed by atoms with Crippen LogP contribution in [0.25, 0.3) is 0 Å². The summed E-state index contributed by atoms with van der Waals surface area (Å²) in [5.41, 5.74) is 1.05. The molecular weight excluding hydrogens is 202 g/mol. The lowest BCUT2D eigenvalue weighted by Crippen LogP contribution is -2.17. The van der Waals surface area contributed by atoms with Gasteiger partial charge in [-0.25, -0.2) is 0 Å². The van der Waals surface area contributed by atoms with Crippen molar-refractivity contribution in [1.82, 2.24) is 0 Å². The van der Waals surface area contributed by atoms with E-state index in [2.05, 4.69) is 12.2 Å². The molecule has 16 heavy (non-hydrogen) atoms. The van der Waals surface area contributed by atoms with E-state index in [0.29, 0.717) is 0 Å². The minimum Gasteiger partial charge on any atom is -0.481 e. The highest BCUT2D eigenvalue weighted by Crippen LogP contribution is 2.13. The number of nitrogens with one attached hydrogen (secondary N) is 1. The number of aliphatic carboxylic acids is 1. The number of benzene rings is 1. The molecule has 88 valence electrons. The normalized spacial score (nSPS) is 12.1. The molecule has 0 bridgehead atoms. The lowest BCUT2D eigenvalue weighted by atomic mass is 10.00. The minimum absolute atomic E-state index is 0.211. The highest BCUT2D eigenvalue weighted by atomic mass is 16.4. The molecule has 0 heterocycles. The molecule has 1 aromatic carbocycles. The van der Waals surface area contributed by atoms with E-state index in [1.165, 1.54) is 0 Å². The fourth-order valence-corrected chi connectivity index (χ4v) is 1.75. The monoisotopic (exact) mass is 221 g/mol. The first-order valence-corrected chi connectivity index (χ1v) is 5.73. The highest BCUT2D eigenvalue weighted by molar-refractivity contribution is 5.67. The smallest absolute Gasteiger partial charge is 0.303 e. The van der Waals surface area contributed by atoms with Gasteiger partial charge in [-0.2, -0.15) is 0 Å². The molecular formula is C13H19NO2. The largest absolute Gasteiger partial charge is 0.481 e. The summed E-state index contributed by atoms with van der Waals surface area (Å²) >= 11 is 0. The summed E-state index contributed by atoms with van der Waals surface area (Å²) in [5, 5.41) is 12.1. The van der Waals surface area contributed by atoms with Gasteiger partial charge in [0.2, 0.25) is 0 Å². The van der Waals surface area contributed by atoms with Crippen molar-refractivity contribution in [2.75, 3.05) is 11.9 Å². The first-order valence-electron chi connectivity index (χ1n) is 5.73. The molecule has 0 radical (unpaired) electrons. The first kappa shape index (κ1) is 12.6. The van der Waals surface area contributed by atoms with Crippen molar-refractivity contribution in [2.45, 2.75) is 26.2 Å². The SMILES string of the molecule is CCCC(CNc1ccccc1)CC(=O)O. The van der Waals surface area contributed by atoms with Crippen LogP contribution in [0.1, 0.15) is 26.2 Å². The molecule has 1 unspecified atom stereocenters. The van der Waals surface area contributed by atoms with Crippen molar-refractivity contribution in [3.63, 3.8) is 0 Å². The van der Waals surface area contributed by atoms with Crippen molar-refractivity contribution in [3.05, 3.63) is 30.3 Å². The molecule has 3 nitrogen and oxygen atoms in total. The second-order valence-electron chi connectivity index (χ2n) is 4.00. The lowest BCUT2D eigenvalue weighted by Gasteiger charge is -2.15. The number of carbonyl (C=O) groups is 1. The Labute approximate surface area is 96.5 Å². The molecule has 0 saturated carbocycles. The maximum Gasteiger partial charge on any atom is 0.303 e. The zero-order valence-corrected chi connectivity index (χ0v) is 9.65. The Bertz CT molecular complexity index is 311. The first-order chi connectivity index (χ1) is 7.72. The number of carboxylic acid groups (broad SMARTS) is 1. The Balaban J connectivity index is 2.40. The second-order valence-corrected chi connectivity index (χ2v) is 4.00. The summed E-state index contributed by atoms with van der Waals surface area (Å²) in [7, 11) is 0. The van der Waals surface area contributed by atoms with Gasteiger partial charge >= 0.3 is 5.97 Å². The van der Waals surface area contributed by atoms with Crippen LogP contribution in [-0.4, -0.2) is 17.6 Å². The van der Waals surface area contributed by atoms with Crippen molar-refractivity contribution < 1.29 is 9.90 Å². The van der Waals surface area contributed by atoms with Crippen molar-refractivity contribution in [2.24, 2.45) is 5.92 Å². The van der Waals surface area contributed by atoms with Crippen molar-refractivity contribution in [3.8, 4) is 0 Å². The number of hydrogen-bond donors (Lipinski definition) is 2. The number of rotatable bonds is 7. The molecule has 1 atom stereocenters. The third-order valence-electron chi connectivity index (χ3n) is 2.53. The third kappa shape index (κ3) is 4.82. The summed E-state index contributed by atoms with van der Waals surface area (Å²) in [6.07, 6.45) is 2.22. The topological polar surface area (TPSA) is 49.3 Å².